The average Bonchev–Trinajstić information content (AvgIpc) is 3.01. The van der Waals surface area contributed by atoms with Crippen molar-refractivity contribution in [1.29, 1.82) is 0 Å². The van der Waals surface area contributed by atoms with Gasteiger partial charge in [-0.1, -0.05) is 6.07 Å². The molecule has 0 aliphatic rings. The van der Waals surface area contributed by atoms with Crippen molar-refractivity contribution in [3.8, 4) is 5.75 Å². The van der Waals surface area contributed by atoms with E-state index >= 15 is 0 Å². The van der Waals surface area contributed by atoms with Crippen LogP contribution in [-0.2, 0) is 9.84 Å². The molecule has 0 aliphatic carbocycles. The van der Waals surface area contributed by atoms with Gasteiger partial charge in [-0.25, -0.2) is 8.42 Å². The van der Waals surface area contributed by atoms with Gasteiger partial charge in [0.2, 0.25) is 0 Å². The number of thiophene rings is 1. The highest BCUT2D eigenvalue weighted by molar-refractivity contribution is 7.91. The molecule has 0 saturated heterocycles. The van der Waals surface area contributed by atoms with Crippen LogP contribution in [0.5, 0.6) is 5.75 Å². The Balaban J connectivity index is 1.93. The van der Waals surface area contributed by atoms with E-state index in [0.29, 0.717) is 17.0 Å². The molecule has 0 fully saturated rings. The molecule has 1 aromatic heterocycles. The second-order valence-electron chi connectivity index (χ2n) is 4.50. The van der Waals surface area contributed by atoms with Gasteiger partial charge in [-0.3, -0.25) is 4.79 Å². The van der Waals surface area contributed by atoms with Crippen molar-refractivity contribution in [2.45, 2.75) is 17.7 Å². The number of rotatable bonds is 7. The summed E-state index contributed by atoms with van der Waals surface area (Å²) in [5.74, 6) is 0.577. The molecule has 0 N–H and O–H groups in total. The number of methoxy groups -OCH3 is 1. The Morgan fingerprint density at radius 2 is 1.90 bits per heavy atom. The number of hydrogen-bond donors (Lipinski definition) is 0. The Morgan fingerprint density at radius 3 is 2.48 bits per heavy atom. The van der Waals surface area contributed by atoms with E-state index in [1.807, 2.05) is 11.4 Å². The molecule has 2 aromatic rings. The highest BCUT2D eigenvalue weighted by Crippen LogP contribution is 2.18. The lowest BCUT2D eigenvalue weighted by atomic mass is 10.2. The highest BCUT2D eigenvalue weighted by atomic mass is 32.2. The third-order valence-electron chi connectivity index (χ3n) is 3.03. The van der Waals surface area contributed by atoms with Crippen LogP contribution in [0.4, 0.5) is 0 Å². The van der Waals surface area contributed by atoms with Crippen molar-refractivity contribution in [2.24, 2.45) is 0 Å². The number of carbonyl (C=O) groups is 1. The van der Waals surface area contributed by atoms with Crippen LogP contribution in [0.2, 0.25) is 0 Å². The number of hydrogen-bond acceptors (Lipinski definition) is 5. The smallest absolute Gasteiger partial charge is 0.178 e. The third kappa shape index (κ3) is 4.15. The van der Waals surface area contributed by atoms with Gasteiger partial charge in [-0.15, -0.1) is 11.3 Å². The molecule has 112 valence electrons. The van der Waals surface area contributed by atoms with Crippen LogP contribution in [0.1, 0.15) is 22.5 Å². The molecule has 0 radical (unpaired) electrons. The number of ether oxygens (including phenoxy) is 1. The summed E-state index contributed by atoms with van der Waals surface area (Å²) in [6, 6.07) is 9.84. The molecular formula is C15H16O4S2. The van der Waals surface area contributed by atoms with Crippen LogP contribution >= 0.6 is 11.3 Å². The van der Waals surface area contributed by atoms with Gasteiger partial charge in [-0.2, -0.15) is 0 Å². The largest absolute Gasteiger partial charge is 0.497 e. The fourth-order valence-corrected chi connectivity index (χ4v) is 3.89. The predicted molar refractivity (Wildman–Crippen MR) is 82.9 cm³/mol. The normalized spacial score (nSPS) is 11.3. The standard InChI is InChI=1S/C15H16O4S2/c1-19-12-6-8-13(9-7-12)21(17,18)11-3-4-14(16)15-5-2-10-20-15/h2,5-10H,3-4,11H2,1H3. The summed E-state index contributed by atoms with van der Waals surface area (Å²) < 4.78 is 29.3. The second-order valence-corrected chi connectivity index (χ2v) is 7.56. The molecule has 0 bridgehead atoms. The number of carbonyl (C=O) groups excluding carboxylic acids is 1. The molecule has 4 nitrogen and oxygen atoms in total. The van der Waals surface area contributed by atoms with E-state index in [-0.39, 0.29) is 22.9 Å². The van der Waals surface area contributed by atoms with Gasteiger partial charge in [-0.05, 0) is 42.1 Å². The molecule has 0 atom stereocenters. The maximum absolute atomic E-state index is 12.2. The summed E-state index contributed by atoms with van der Waals surface area (Å²) in [5, 5.41) is 1.83. The van der Waals surface area contributed by atoms with Crippen LogP contribution in [0.15, 0.2) is 46.7 Å². The van der Waals surface area contributed by atoms with Crippen molar-refractivity contribution in [2.75, 3.05) is 12.9 Å². The third-order valence-corrected chi connectivity index (χ3v) is 5.76. The fourth-order valence-electron chi connectivity index (χ4n) is 1.88. The van der Waals surface area contributed by atoms with Gasteiger partial charge in [0, 0.05) is 6.42 Å². The topological polar surface area (TPSA) is 60.4 Å². The zero-order valence-electron chi connectivity index (χ0n) is 11.6. The number of Topliss-reactive ketones (excluding diaryl/α,β-unsaturated/α-hetero) is 1. The van der Waals surface area contributed by atoms with Crippen molar-refractivity contribution in [3.05, 3.63) is 46.7 Å². The van der Waals surface area contributed by atoms with E-state index < -0.39 is 9.84 Å². The summed E-state index contributed by atoms with van der Waals surface area (Å²) in [6.07, 6.45) is 0.570. The molecule has 0 saturated carbocycles. The Morgan fingerprint density at radius 1 is 1.19 bits per heavy atom. The zero-order chi connectivity index (χ0) is 15.3. The minimum Gasteiger partial charge on any atom is -0.497 e. The Kier molecular flexibility index (Phi) is 5.14. The van der Waals surface area contributed by atoms with Crippen molar-refractivity contribution in [3.63, 3.8) is 0 Å². The second kappa shape index (κ2) is 6.87. The first-order chi connectivity index (χ1) is 10.0. The average molecular weight is 324 g/mol. The Hall–Kier alpha value is -1.66. The molecule has 2 rings (SSSR count). The van der Waals surface area contributed by atoms with Crippen molar-refractivity contribution in [1.82, 2.24) is 0 Å². The summed E-state index contributed by atoms with van der Waals surface area (Å²) >= 11 is 1.38. The monoisotopic (exact) mass is 324 g/mol. The molecule has 6 heteroatoms. The van der Waals surface area contributed by atoms with Crippen molar-refractivity contribution < 1.29 is 17.9 Å². The van der Waals surface area contributed by atoms with Gasteiger partial charge in [0.1, 0.15) is 5.75 Å². The first-order valence-corrected chi connectivity index (χ1v) is 8.99. The Bertz CT molecular complexity index is 686. The molecule has 0 aliphatic heterocycles. The lowest BCUT2D eigenvalue weighted by Gasteiger charge is -2.05. The maximum Gasteiger partial charge on any atom is 0.178 e. The zero-order valence-corrected chi connectivity index (χ0v) is 13.2. The quantitative estimate of drug-likeness (QED) is 0.734. The first-order valence-electron chi connectivity index (χ1n) is 6.46. The van der Waals surface area contributed by atoms with Crippen LogP contribution in [0, 0.1) is 0 Å². The number of ketones is 1. The SMILES string of the molecule is COc1ccc(S(=O)(=O)CCCC(=O)c2cccs2)cc1. The number of sulfone groups is 1. The van der Waals surface area contributed by atoms with Gasteiger partial charge < -0.3 is 4.74 Å². The number of benzene rings is 1. The van der Waals surface area contributed by atoms with Crippen LogP contribution in [0.25, 0.3) is 0 Å². The van der Waals surface area contributed by atoms with E-state index in [4.69, 9.17) is 4.74 Å². The summed E-state index contributed by atoms with van der Waals surface area (Å²) in [4.78, 5) is 12.7. The predicted octanol–water partition coefficient (Wildman–Crippen LogP) is 3.19. The molecule has 0 amide bonds. The van der Waals surface area contributed by atoms with Crippen LogP contribution in [0.3, 0.4) is 0 Å². The van der Waals surface area contributed by atoms with E-state index in [9.17, 15) is 13.2 Å². The van der Waals surface area contributed by atoms with Gasteiger partial charge in [0.05, 0.1) is 22.6 Å². The van der Waals surface area contributed by atoms with Gasteiger partial charge in [0.25, 0.3) is 0 Å². The van der Waals surface area contributed by atoms with Crippen LogP contribution in [-0.4, -0.2) is 27.1 Å². The van der Waals surface area contributed by atoms with E-state index in [0.717, 1.165) is 0 Å². The van der Waals surface area contributed by atoms with Crippen molar-refractivity contribution >= 4 is 27.0 Å². The Labute approximate surface area is 128 Å². The lowest BCUT2D eigenvalue weighted by Crippen LogP contribution is -2.08. The summed E-state index contributed by atoms with van der Waals surface area (Å²) in [5.41, 5.74) is 0. The summed E-state index contributed by atoms with van der Waals surface area (Å²) in [7, 11) is -1.83. The van der Waals surface area contributed by atoms with Gasteiger partial charge in [0.15, 0.2) is 15.6 Å². The highest BCUT2D eigenvalue weighted by Gasteiger charge is 2.15. The van der Waals surface area contributed by atoms with E-state index in [2.05, 4.69) is 0 Å². The minimum atomic E-state index is -3.35. The first kappa shape index (κ1) is 15.7. The molecule has 1 heterocycles. The molecule has 0 unspecified atom stereocenters. The van der Waals surface area contributed by atoms with Gasteiger partial charge >= 0.3 is 0 Å². The van der Waals surface area contributed by atoms with Crippen LogP contribution < -0.4 is 4.74 Å². The maximum atomic E-state index is 12.2. The summed E-state index contributed by atoms with van der Waals surface area (Å²) in [6.45, 7) is 0. The van der Waals surface area contributed by atoms with E-state index in [1.165, 1.54) is 30.6 Å². The minimum absolute atomic E-state index is 0.00469. The lowest BCUT2D eigenvalue weighted by molar-refractivity contribution is 0.0986. The fraction of sp³-hybridized carbons (Fsp3) is 0.267. The molecular weight excluding hydrogens is 308 g/mol. The van der Waals surface area contributed by atoms with E-state index in [1.54, 1.807) is 18.2 Å². The molecule has 0 spiro atoms. The molecule has 21 heavy (non-hydrogen) atoms. The molecule has 1 aromatic carbocycles.